The number of nitrogens with zero attached hydrogens (tertiary/aromatic N) is 2. The van der Waals surface area contributed by atoms with Gasteiger partial charge in [-0.2, -0.15) is 0 Å². The number of nitrogens with one attached hydrogen (secondary N) is 2. The number of guanidine groups is 1. The van der Waals surface area contributed by atoms with Gasteiger partial charge in [-0.3, -0.25) is 4.99 Å². The lowest BCUT2D eigenvalue weighted by Gasteiger charge is -2.16. The molecule has 1 saturated heterocycles. The molecule has 1 aromatic carbocycles. The van der Waals surface area contributed by atoms with Crippen LogP contribution in [0.1, 0.15) is 30.0 Å². The molecule has 0 aliphatic carbocycles. The highest BCUT2D eigenvalue weighted by atomic mass is 15.2. The van der Waals surface area contributed by atoms with Crippen LogP contribution in [0.15, 0.2) is 23.2 Å². The first-order valence-electron chi connectivity index (χ1n) is 8.84. The molecular weight excluding hydrogens is 284 g/mol. The SMILES string of the molecule is CCN1CCC(CNC(=NC)NCCc2cc(C)cc(C)c2)C1. The van der Waals surface area contributed by atoms with Crippen LogP contribution in [0.2, 0.25) is 0 Å². The molecule has 0 saturated carbocycles. The maximum absolute atomic E-state index is 4.34. The van der Waals surface area contributed by atoms with Crippen LogP contribution in [0.3, 0.4) is 0 Å². The summed E-state index contributed by atoms with van der Waals surface area (Å²) in [6.45, 7) is 12.1. The highest BCUT2D eigenvalue weighted by Crippen LogP contribution is 2.14. The van der Waals surface area contributed by atoms with Gasteiger partial charge in [0.05, 0.1) is 0 Å². The molecule has 0 spiro atoms. The lowest BCUT2D eigenvalue weighted by molar-refractivity contribution is 0.342. The number of benzene rings is 1. The van der Waals surface area contributed by atoms with Crippen molar-refractivity contribution < 1.29 is 0 Å². The molecule has 1 heterocycles. The number of likely N-dealkylation sites (tertiary alicyclic amines) is 1. The van der Waals surface area contributed by atoms with E-state index in [1.807, 2.05) is 7.05 Å². The van der Waals surface area contributed by atoms with E-state index in [1.165, 1.54) is 42.7 Å². The first kappa shape index (κ1) is 17.8. The molecule has 4 heteroatoms. The Morgan fingerprint density at radius 3 is 2.57 bits per heavy atom. The normalized spacial score (nSPS) is 19.1. The Bertz CT molecular complexity index is 504. The minimum Gasteiger partial charge on any atom is -0.356 e. The molecule has 0 aromatic heterocycles. The van der Waals surface area contributed by atoms with Crippen molar-refractivity contribution in [2.75, 3.05) is 39.8 Å². The standard InChI is InChI=1S/C19H32N4/c1-5-23-9-7-18(14-23)13-22-19(20-4)21-8-6-17-11-15(2)10-16(3)12-17/h10-12,18H,5-9,13-14H2,1-4H3,(H2,20,21,22). The number of aryl methyl sites for hydroxylation is 2. The van der Waals surface area contributed by atoms with E-state index in [4.69, 9.17) is 0 Å². The van der Waals surface area contributed by atoms with Crippen LogP contribution < -0.4 is 10.6 Å². The zero-order chi connectivity index (χ0) is 16.7. The molecule has 1 aliphatic heterocycles. The monoisotopic (exact) mass is 316 g/mol. The van der Waals surface area contributed by atoms with Crippen LogP contribution in [0, 0.1) is 19.8 Å². The molecule has 1 fully saturated rings. The largest absolute Gasteiger partial charge is 0.356 e. The van der Waals surface area contributed by atoms with Gasteiger partial charge in [-0.15, -0.1) is 0 Å². The molecule has 1 unspecified atom stereocenters. The Labute approximate surface area is 141 Å². The molecule has 2 rings (SSSR count). The summed E-state index contributed by atoms with van der Waals surface area (Å²) in [5.74, 6) is 1.66. The quantitative estimate of drug-likeness (QED) is 0.625. The summed E-state index contributed by atoms with van der Waals surface area (Å²) in [5.41, 5.74) is 4.06. The van der Waals surface area contributed by atoms with Crippen LogP contribution in [-0.4, -0.2) is 50.6 Å². The number of hydrogen-bond acceptors (Lipinski definition) is 2. The smallest absolute Gasteiger partial charge is 0.190 e. The fraction of sp³-hybridized carbons (Fsp3) is 0.632. The van der Waals surface area contributed by atoms with Crippen molar-refractivity contribution in [1.82, 2.24) is 15.5 Å². The Morgan fingerprint density at radius 2 is 1.96 bits per heavy atom. The van der Waals surface area contributed by atoms with Crippen molar-refractivity contribution in [2.45, 2.75) is 33.6 Å². The van der Waals surface area contributed by atoms with Crippen molar-refractivity contribution in [3.8, 4) is 0 Å². The van der Waals surface area contributed by atoms with Crippen molar-refractivity contribution in [3.05, 3.63) is 34.9 Å². The molecule has 1 aliphatic rings. The topological polar surface area (TPSA) is 39.7 Å². The minimum absolute atomic E-state index is 0.743. The van der Waals surface area contributed by atoms with Crippen LogP contribution in [-0.2, 0) is 6.42 Å². The van der Waals surface area contributed by atoms with Gasteiger partial charge in [-0.25, -0.2) is 0 Å². The predicted molar refractivity (Wildman–Crippen MR) is 99.2 cm³/mol. The molecular formula is C19H32N4. The predicted octanol–water partition coefficient (Wildman–Crippen LogP) is 2.35. The van der Waals surface area contributed by atoms with Gasteiger partial charge in [0.25, 0.3) is 0 Å². The molecule has 128 valence electrons. The summed E-state index contributed by atoms with van der Waals surface area (Å²) in [6, 6.07) is 6.75. The summed E-state index contributed by atoms with van der Waals surface area (Å²) >= 11 is 0. The average Bonchev–Trinajstić information content (AvgIpc) is 2.97. The second-order valence-corrected chi connectivity index (χ2v) is 6.67. The Morgan fingerprint density at radius 1 is 1.22 bits per heavy atom. The molecule has 0 amide bonds. The van der Waals surface area contributed by atoms with Crippen molar-refractivity contribution in [1.29, 1.82) is 0 Å². The van der Waals surface area contributed by atoms with Crippen molar-refractivity contribution >= 4 is 5.96 Å². The highest BCUT2D eigenvalue weighted by molar-refractivity contribution is 5.79. The molecule has 0 radical (unpaired) electrons. The van der Waals surface area contributed by atoms with Gasteiger partial charge in [0.2, 0.25) is 0 Å². The van der Waals surface area contributed by atoms with Gasteiger partial charge in [-0.05, 0) is 51.3 Å². The third kappa shape index (κ3) is 5.87. The zero-order valence-electron chi connectivity index (χ0n) is 15.2. The van der Waals surface area contributed by atoms with Gasteiger partial charge in [0, 0.05) is 26.7 Å². The molecule has 0 bridgehead atoms. The van der Waals surface area contributed by atoms with Crippen LogP contribution in [0.4, 0.5) is 0 Å². The van der Waals surface area contributed by atoms with E-state index in [9.17, 15) is 0 Å². The lowest BCUT2D eigenvalue weighted by Crippen LogP contribution is -2.41. The number of hydrogen-bond donors (Lipinski definition) is 2. The average molecular weight is 316 g/mol. The van der Waals surface area contributed by atoms with Crippen molar-refractivity contribution in [2.24, 2.45) is 10.9 Å². The third-order valence-corrected chi connectivity index (χ3v) is 4.59. The van der Waals surface area contributed by atoms with E-state index in [-0.39, 0.29) is 0 Å². The van der Waals surface area contributed by atoms with Crippen LogP contribution in [0.25, 0.3) is 0 Å². The van der Waals surface area contributed by atoms with E-state index in [1.54, 1.807) is 0 Å². The Hall–Kier alpha value is -1.55. The number of aliphatic imine (C=N–C) groups is 1. The van der Waals surface area contributed by atoms with E-state index in [2.05, 4.69) is 59.5 Å². The summed E-state index contributed by atoms with van der Waals surface area (Å²) in [4.78, 5) is 6.85. The zero-order valence-corrected chi connectivity index (χ0v) is 15.2. The summed E-state index contributed by atoms with van der Waals surface area (Å²) < 4.78 is 0. The van der Waals surface area contributed by atoms with Crippen molar-refractivity contribution in [3.63, 3.8) is 0 Å². The minimum atomic E-state index is 0.743. The van der Waals surface area contributed by atoms with Gasteiger partial charge < -0.3 is 15.5 Å². The second-order valence-electron chi connectivity index (χ2n) is 6.67. The molecule has 4 nitrogen and oxygen atoms in total. The first-order chi connectivity index (χ1) is 11.1. The molecule has 1 atom stereocenters. The van der Waals surface area contributed by atoms with Gasteiger partial charge in [-0.1, -0.05) is 36.2 Å². The van der Waals surface area contributed by atoms with Gasteiger partial charge in [0.1, 0.15) is 0 Å². The Balaban J connectivity index is 1.71. The first-order valence-corrected chi connectivity index (χ1v) is 8.84. The van der Waals surface area contributed by atoms with E-state index >= 15 is 0 Å². The molecule has 2 N–H and O–H groups in total. The summed E-state index contributed by atoms with van der Waals surface area (Å²) in [6.07, 6.45) is 2.32. The third-order valence-electron chi connectivity index (χ3n) is 4.59. The number of rotatable bonds is 6. The van der Waals surface area contributed by atoms with Gasteiger partial charge >= 0.3 is 0 Å². The highest BCUT2D eigenvalue weighted by Gasteiger charge is 2.20. The molecule has 1 aromatic rings. The van der Waals surface area contributed by atoms with E-state index in [0.29, 0.717) is 0 Å². The van der Waals surface area contributed by atoms with E-state index in [0.717, 1.165) is 31.4 Å². The van der Waals surface area contributed by atoms with E-state index < -0.39 is 0 Å². The molecule has 23 heavy (non-hydrogen) atoms. The van der Waals surface area contributed by atoms with Crippen LogP contribution in [0.5, 0.6) is 0 Å². The second kappa shape index (κ2) is 8.92. The maximum Gasteiger partial charge on any atom is 0.190 e. The van der Waals surface area contributed by atoms with Crippen LogP contribution >= 0.6 is 0 Å². The fourth-order valence-corrected chi connectivity index (χ4v) is 3.37. The summed E-state index contributed by atoms with van der Waals surface area (Å²) in [5, 5.41) is 6.91. The summed E-state index contributed by atoms with van der Waals surface area (Å²) in [7, 11) is 1.85. The lowest BCUT2D eigenvalue weighted by atomic mass is 10.1. The maximum atomic E-state index is 4.34. The Kier molecular flexibility index (Phi) is 6.90. The fourth-order valence-electron chi connectivity index (χ4n) is 3.37. The van der Waals surface area contributed by atoms with Gasteiger partial charge in [0.15, 0.2) is 5.96 Å².